The first kappa shape index (κ1) is 21.8. The molecule has 0 aliphatic carbocycles. The van der Waals surface area contributed by atoms with Gasteiger partial charge in [0, 0.05) is 36.3 Å². The third-order valence-electron chi connectivity index (χ3n) is 3.96. The van der Waals surface area contributed by atoms with E-state index in [0.29, 0.717) is 18.1 Å². The van der Waals surface area contributed by atoms with Gasteiger partial charge in [-0.15, -0.1) is 0 Å². The Morgan fingerprint density at radius 3 is 2.43 bits per heavy atom. The second kappa shape index (κ2) is 10.1. The van der Waals surface area contributed by atoms with Gasteiger partial charge in [-0.2, -0.15) is 0 Å². The monoisotopic (exact) mass is 400 g/mol. The van der Waals surface area contributed by atoms with E-state index in [2.05, 4.69) is 27.0 Å². The van der Waals surface area contributed by atoms with Gasteiger partial charge in [-0.3, -0.25) is 9.79 Å². The number of benzene rings is 2. The van der Waals surface area contributed by atoms with E-state index in [1.165, 1.54) is 5.56 Å². The molecule has 1 amide bonds. The van der Waals surface area contributed by atoms with Crippen molar-refractivity contribution in [2.24, 2.45) is 4.99 Å². The van der Waals surface area contributed by atoms with Crippen molar-refractivity contribution in [3.8, 4) is 0 Å². The fraction of sp³-hybridized carbons (Fsp3) is 0.364. The fourth-order valence-corrected chi connectivity index (χ4v) is 2.87. The van der Waals surface area contributed by atoms with Crippen LogP contribution in [0.1, 0.15) is 42.3 Å². The maximum Gasteiger partial charge on any atom is 0.251 e. The molecule has 0 aromatic heterocycles. The molecular formula is C22H29ClN4O. The SMILES string of the molecule is CN=C(NCCc1cccc(Cl)c1)NCc1cccc(C(=O)NC(C)(C)C)c1. The van der Waals surface area contributed by atoms with Crippen LogP contribution in [0.5, 0.6) is 0 Å². The Morgan fingerprint density at radius 2 is 1.75 bits per heavy atom. The Morgan fingerprint density at radius 1 is 1.04 bits per heavy atom. The van der Waals surface area contributed by atoms with Crippen LogP contribution < -0.4 is 16.0 Å². The largest absolute Gasteiger partial charge is 0.356 e. The second-order valence-electron chi connectivity index (χ2n) is 7.64. The summed E-state index contributed by atoms with van der Waals surface area (Å²) >= 11 is 6.02. The van der Waals surface area contributed by atoms with E-state index in [1.54, 1.807) is 7.05 Å². The average Bonchev–Trinajstić information content (AvgIpc) is 2.63. The number of amides is 1. The third kappa shape index (κ3) is 7.61. The number of carbonyl (C=O) groups is 1. The Kier molecular flexibility index (Phi) is 7.88. The van der Waals surface area contributed by atoms with Crippen molar-refractivity contribution in [2.45, 2.75) is 39.3 Å². The first-order chi connectivity index (χ1) is 13.3. The summed E-state index contributed by atoms with van der Waals surface area (Å²) in [5.41, 5.74) is 2.57. The van der Waals surface area contributed by atoms with Gasteiger partial charge in [-0.05, 0) is 62.6 Å². The van der Waals surface area contributed by atoms with Crippen molar-refractivity contribution in [3.05, 3.63) is 70.2 Å². The third-order valence-corrected chi connectivity index (χ3v) is 4.19. The Bertz CT molecular complexity index is 827. The summed E-state index contributed by atoms with van der Waals surface area (Å²) in [5.74, 6) is 0.643. The molecule has 0 spiro atoms. The molecule has 0 atom stereocenters. The van der Waals surface area contributed by atoms with Gasteiger partial charge in [0.15, 0.2) is 5.96 Å². The van der Waals surface area contributed by atoms with Gasteiger partial charge in [0.25, 0.3) is 5.91 Å². The quantitative estimate of drug-likeness (QED) is 0.510. The summed E-state index contributed by atoms with van der Waals surface area (Å²) in [7, 11) is 1.74. The van der Waals surface area contributed by atoms with Gasteiger partial charge in [-0.1, -0.05) is 35.9 Å². The summed E-state index contributed by atoms with van der Waals surface area (Å²) in [6.45, 7) is 7.22. The van der Waals surface area contributed by atoms with E-state index in [0.717, 1.165) is 23.6 Å². The van der Waals surface area contributed by atoms with E-state index < -0.39 is 0 Å². The minimum atomic E-state index is -0.264. The van der Waals surface area contributed by atoms with Gasteiger partial charge in [0.2, 0.25) is 0 Å². The lowest BCUT2D eigenvalue weighted by Gasteiger charge is -2.20. The van der Waals surface area contributed by atoms with E-state index >= 15 is 0 Å². The van der Waals surface area contributed by atoms with Crippen molar-refractivity contribution in [1.82, 2.24) is 16.0 Å². The van der Waals surface area contributed by atoms with Crippen LogP contribution in [0.25, 0.3) is 0 Å². The van der Waals surface area contributed by atoms with Crippen LogP contribution >= 0.6 is 11.6 Å². The molecule has 3 N–H and O–H groups in total. The molecule has 0 unspecified atom stereocenters. The highest BCUT2D eigenvalue weighted by atomic mass is 35.5. The van der Waals surface area contributed by atoms with Gasteiger partial charge in [0.05, 0.1) is 0 Å². The molecule has 2 aromatic rings. The van der Waals surface area contributed by atoms with Crippen LogP contribution in [-0.2, 0) is 13.0 Å². The number of guanidine groups is 1. The van der Waals surface area contributed by atoms with Crippen molar-refractivity contribution >= 4 is 23.5 Å². The minimum Gasteiger partial charge on any atom is -0.356 e. The number of carbonyl (C=O) groups excluding carboxylic acids is 1. The van der Waals surface area contributed by atoms with Gasteiger partial charge >= 0.3 is 0 Å². The predicted molar refractivity (Wildman–Crippen MR) is 117 cm³/mol. The number of hydrogen-bond donors (Lipinski definition) is 3. The van der Waals surface area contributed by atoms with Crippen LogP contribution in [0, 0.1) is 0 Å². The lowest BCUT2D eigenvalue weighted by atomic mass is 10.1. The van der Waals surface area contributed by atoms with E-state index in [-0.39, 0.29) is 11.4 Å². The molecule has 2 rings (SSSR count). The zero-order chi connectivity index (χ0) is 20.6. The zero-order valence-corrected chi connectivity index (χ0v) is 17.7. The average molecular weight is 401 g/mol. The molecule has 0 aliphatic rings. The maximum absolute atomic E-state index is 12.3. The normalized spacial score (nSPS) is 11.8. The van der Waals surface area contributed by atoms with Crippen molar-refractivity contribution in [3.63, 3.8) is 0 Å². The number of nitrogens with zero attached hydrogens (tertiary/aromatic N) is 1. The molecule has 0 heterocycles. The lowest BCUT2D eigenvalue weighted by Crippen LogP contribution is -2.40. The lowest BCUT2D eigenvalue weighted by molar-refractivity contribution is 0.0919. The summed E-state index contributed by atoms with van der Waals surface area (Å²) < 4.78 is 0. The standard InChI is InChI=1S/C22H29ClN4O/c1-22(2,3)27-20(28)18-9-5-8-17(13-18)15-26-21(24-4)25-12-11-16-7-6-10-19(23)14-16/h5-10,13-14H,11-12,15H2,1-4H3,(H,27,28)(H2,24,25,26). The molecule has 0 saturated heterocycles. The fourth-order valence-electron chi connectivity index (χ4n) is 2.66. The molecule has 150 valence electrons. The summed E-state index contributed by atoms with van der Waals surface area (Å²) in [5, 5.41) is 10.3. The molecular weight excluding hydrogens is 372 g/mol. The van der Waals surface area contributed by atoms with Gasteiger partial charge in [-0.25, -0.2) is 0 Å². The molecule has 6 heteroatoms. The number of nitrogens with one attached hydrogen (secondary N) is 3. The van der Waals surface area contributed by atoms with Crippen LogP contribution in [-0.4, -0.2) is 31.0 Å². The second-order valence-corrected chi connectivity index (χ2v) is 8.07. The maximum atomic E-state index is 12.3. The summed E-state index contributed by atoms with van der Waals surface area (Å²) in [6, 6.07) is 15.4. The molecule has 0 bridgehead atoms. The Hall–Kier alpha value is -2.53. The van der Waals surface area contributed by atoms with E-state index in [4.69, 9.17) is 11.6 Å². The Labute approximate surface area is 172 Å². The summed E-state index contributed by atoms with van der Waals surface area (Å²) in [4.78, 5) is 16.6. The number of rotatable bonds is 6. The highest BCUT2D eigenvalue weighted by Crippen LogP contribution is 2.11. The number of halogens is 1. The first-order valence-corrected chi connectivity index (χ1v) is 9.75. The van der Waals surface area contributed by atoms with E-state index in [1.807, 2.05) is 63.2 Å². The summed E-state index contributed by atoms with van der Waals surface area (Å²) in [6.07, 6.45) is 0.851. The van der Waals surface area contributed by atoms with Crippen molar-refractivity contribution < 1.29 is 4.79 Å². The molecule has 0 saturated carbocycles. The van der Waals surface area contributed by atoms with Gasteiger partial charge < -0.3 is 16.0 Å². The highest BCUT2D eigenvalue weighted by molar-refractivity contribution is 6.30. The zero-order valence-electron chi connectivity index (χ0n) is 17.0. The van der Waals surface area contributed by atoms with Crippen molar-refractivity contribution in [2.75, 3.05) is 13.6 Å². The number of aliphatic imine (C=N–C) groups is 1. The first-order valence-electron chi connectivity index (χ1n) is 9.37. The molecule has 0 aliphatic heterocycles. The molecule has 2 aromatic carbocycles. The molecule has 5 nitrogen and oxygen atoms in total. The smallest absolute Gasteiger partial charge is 0.251 e. The van der Waals surface area contributed by atoms with Gasteiger partial charge in [0.1, 0.15) is 0 Å². The van der Waals surface area contributed by atoms with Crippen LogP contribution in [0.3, 0.4) is 0 Å². The van der Waals surface area contributed by atoms with E-state index in [9.17, 15) is 4.79 Å². The molecule has 0 radical (unpaired) electrons. The highest BCUT2D eigenvalue weighted by Gasteiger charge is 2.15. The van der Waals surface area contributed by atoms with Crippen molar-refractivity contribution in [1.29, 1.82) is 0 Å². The Balaban J connectivity index is 1.86. The minimum absolute atomic E-state index is 0.0709. The molecule has 28 heavy (non-hydrogen) atoms. The topological polar surface area (TPSA) is 65.5 Å². The van der Waals surface area contributed by atoms with Crippen LogP contribution in [0.15, 0.2) is 53.5 Å². The molecule has 0 fully saturated rings. The van der Waals surface area contributed by atoms with Crippen LogP contribution in [0.4, 0.5) is 0 Å². The predicted octanol–water partition coefficient (Wildman–Crippen LogP) is 3.78. The van der Waals surface area contributed by atoms with Crippen LogP contribution in [0.2, 0.25) is 5.02 Å². The number of hydrogen-bond acceptors (Lipinski definition) is 2.